The van der Waals surface area contributed by atoms with E-state index in [1.165, 1.54) is 9.15 Å². The molecule has 1 atom stereocenters. The molecule has 1 unspecified atom stereocenters. The van der Waals surface area contributed by atoms with Crippen molar-refractivity contribution in [3.8, 4) is 5.75 Å². The third-order valence-corrected chi connectivity index (χ3v) is 4.67. The van der Waals surface area contributed by atoms with Crippen LogP contribution in [-0.4, -0.2) is 4.93 Å². The second-order valence-electron chi connectivity index (χ2n) is 3.79. The standard InChI is InChI=1S/C14H12IO/c1-15-10-7-8-12-13(9-10)14(12)16-11-5-3-2-4-6-11/h2-9,12H,1H3/q-1. The molecule has 1 nitrogen and oxygen atoms in total. The molecule has 0 heterocycles. The van der Waals surface area contributed by atoms with Crippen molar-refractivity contribution in [2.24, 2.45) is 5.92 Å². The Hall–Kier alpha value is -1.03. The fourth-order valence-electron chi connectivity index (χ4n) is 1.83. The van der Waals surface area contributed by atoms with E-state index < -0.39 is 0 Å². The summed E-state index contributed by atoms with van der Waals surface area (Å²) in [6.45, 7) is 0. The quantitative estimate of drug-likeness (QED) is 0.567. The fourth-order valence-corrected chi connectivity index (χ4v) is 3.04. The number of para-hydroxylation sites is 1. The van der Waals surface area contributed by atoms with Crippen molar-refractivity contribution in [3.05, 3.63) is 63.5 Å². The van der Waals surface area contributed by atoms with Crippen molar-refractivity contribution in [3.63, 3.8) is 0 Å². The van der Waals surface area contributed by atoms with Gasteiger partial charge in [-0.2, -0.15) is 0 Å². The molecule has 1 aromatic carbocycles. The molecule has 0 fully saturated rings. The molecule has 3 rings (SSSR count). The van der Waals surface area contributed by atoms with Crippen LogP contribution in [-0.2, 0) is 0 Å². The summed E-state index contributed by atoms with van der Waals surface area (Å²) in [6.07, 6.45) is 6.81. The zero-order valence-corrected chi connectivity index (χ0v) is 11.1. The van der Waals surface area contributed by atoms with E-state index in [0.717, 1.165) is 11.5 Å². The van der Waals surface area contributed by atoms with E-state index in [1.807, 2.05) is 30.3 Å². The number of alkyl halides is 1. The number of ether oxygens (including phenoxy) is 1. The molecule has 0 spiro atoms. The number of benzene rings is 1. The zero-order chi connectivity index (χ0) is 11.0. The molecule has 16 heavy (non-hydrogen) atoms. The molecule has 0 aliphatic heterocycles. The van der Waals surface area contributed by atoms with E-state index in [1.54, 1.807) is 0 Å². The molecular formula is C14H12IO-. The summed E-state index contributed by atoms with van der Waals surface area (Å²) in [5.41, 5.74) is 1.38. The molecule has 1 aromatic rings. The Kier molecular flexibility index (Phi) is 2.59. The van der Waals surface area contributed by atoms with Gasteiger partial charge in [-0.3, -0.25) is 0 Å². The van der Waals surface area contributed by atoms with Gasteiger partial charge in [-0.15, -0.1) is 0 Å². The first-order valence-corrected chi connectivity index (χ1v) is 8.48. The summed E-state index contributed by atoms with van der Waals surface area (Å²) in [4.78, 5) is 2.29. The van der Waals surface area contributed by atoms with Crippen molar-refractivity contribution < 1.29 is 25.9 Å². The molecule has 0 saturated carbocycles. The summed E-state index contributed by atoms with van der Waals surface area (Å²) >= 11 is 0.190. The minimum absolute atomic E-state index is 0.190. The first-order valence-electron chi connectivity index (χ1n) is 5.25. The normalized spacial score (nSPS) is 21.8. The Balaban J connectivity index is 1.78. The van der Waals surface area contributed by atoms with Crippen LogP contribution in [0.1, 0.15) is 0 Å². The van der Waals surface area contributed by atoms with Gasteiger partial charge >= 0.3 is 106 Å². The van der Waals surface area contributed by atoms with Gasteiger partial charge in [0.1, 0.15) is 0 Å². The molecule has 0 saturated heterocycles. The van der Waals surface area contributed by atoms with Crippen LogP contribution in [0.5, 0.6) is 5.75 Å². The fraction of sp³-hybridized carbons (Fsp3) is 0.143. The van der Waals surface area contributed by atoms with Gasteiger partial charge in [0.15, 0.2) is 0 Å². The first kappa shape index (κ1) is 10.1. The predicted molar refractivity (Wildman–Crippen MR) is 60.7 cm³/mol. The van der Waals surface area contributed by atoms with Gasteiger partial charge in [0.2, 0.25) is 0 Å². The van der Waals surface area contributed by atoms with Crippen LogP contribution in [0.3, 0.4) is 0 Å². The molecule has 0 aromatic heterocycles. The van der Waals surface area contributed by atoms with E-state index in [-0.39, 0.29) is 21.2 Å². The van der Waals surface area contributed by atoms with Gasteiger partial charge in [-0.1, -0.05) is 0 Å². The zero-order valence-electron chi connectivity index (χ0n) is 8.98. The van der Waals surface area contributed by atoms with E-state index in [0.29, 0.717) is 5.92 Å². The SMILES string of the molecule is C[I-]C1=CC2=C(Oc3ccccc3)C2C=C1. The second kappa shape index (κ2) is 4.09. The van der Waals surface area contributed by atoms with Crippen LogP contribution < -0.4 is 25.9 Å². The number of rotatable bonds is 3. The summed E-state index contributed by atoms with van der Waals surface area (Å²) in [5.74, 6) is 2.53. The van der Waals surface area contributed by atoms with E-state index >= 15 is 0 Å². The molecule has 2 aliphatic rings. The van der Waals surface area contributed by atoms with Gasteiger partial charge in [0.05, 0.1) is 0 Å². The Bertz CT molecular complexity index is 497. The average molecular weight is 323 g/mol. The molecule has 0 amide bonds. The Labute approximate surface area is 106 Å². The van der Waals surface area contributed by atoms with Crippen LogP contribution in [0, 0.1) is 5.92 Å². The number of hydrogen-bond donors (Lipinski definition) is 0. The first-order chi connectivity index (χ1) is 7.88. The molecule has 0 radical (unpaired) electrons. The molecule has 2 heteroatoms. The molecular weight excluding hydrogens is 311 g/mol. The molecule has 82 valence electrons. The van der Waals surface area contributed by atoms with Crippen LogP contribution in [0.2, 0.25) is 0 Å². The van der Waals surface area contributed by atoms with Crippen LogP contribution in [0.4, 0.5) is 0 Å². The van der Waals surface area contributed by atoms with Crippen LogP contribution in [0.25, 0.3) is 0 Å². The predicted octanol–water partition coefficient (Wildman–Crippen LogP) is 0.122. The Morgan fingerprint density at radius 2 is 2.00 bits per heavy atom. The summed E-state index contributed by atoms with van der Waals surface area (Å²) in [7, 11) is 0. The third-order valence-electron chi connectivity index (χ3n) is 2.75. The number of allylic oxidation sites excluding steroid dienone is 5. The summed E-state index contributed by atoms with van der Waals surface area (Å²) in [6, 6.07) is 10.0. The van der Waals surface area contributed by atoms with Crippen molar-refractivity contribution in [2.75, 3.05) is 4.93 Å². The molecule has 0 N–H and O–H groups in total. The van der Waals surface area contributed by atoms with Gasteiger partial charge in [-0.05, 0) is 0 Å². The monoisotopic (exact) mass is 323 g/mol. The topological polar surface area (TPSA) is 9.23 Å². The maximum absolute atomic E-state index is 5.86. The Morgan fingerprint density at radius 1 is 1.19 bits per heavy atom. The Morgan fingerprint density at radius 3 is 2.75 bits per heavy atom. The summed E-state index contributed by atoms with van der Waals surface area (Å²) < 4.78 is 7.36. The van der Waals surface area contributed by atoms with Gasteiger partial charge in [0, 0.05) is 0 Å². The van der Waals surface area contributed by atoms with Crippen molar-refractivity contribution >= 4 is 0 Å². The second-order valence-corrected chi connectivity index (χ2v) is 6.11. The number of fused-ring (bicyclic) bond motifs is 1. The molecule has 0 bridgehead atoms. The van der Waals surface area contributed by atoms with E-state index in [4.69, 9.17) is 4.74 Å². The third kappa shape index (κ3) is 1.82. The summed E-state index contributed by atoms with van der Waals surface area (Å²) in [5, 5.41) is 0. The van der Waals surface area contributed by atoms with E-state index in [2.05, 4.69) is 23.2 Å². The van der Waals surface area contributed by atoms with Crippen LogP contribution >= 0.6 is 0 Å². The molecule has 2 aliphatic carbocycles. The number of hydrogen-bond acceptors (Lipinski definition) is 1. The van der Waals surface area contributed by atoms with Gasteiger partial charge < -0.3 is 0 Å². The van der Waals surface area contributed by atoms with Crippen molar-refractivity contribution in [1.29, 1.82) is 0 Å². The maximum atomic E-state index is 5.86. The number of halogens is 1. The van der Waals surface area contributed by atoms with Gasteiger partial charge in [-0.25, -0.2) is 0 Å². The average Bonchev–Trinajstić information content (AvgIpc) is 3.03. The minimum atomic E-state index is 0.190. The van der Waals surface area contributed by atoms with Crippen molar-refractivity contribution in [2.45, 2.75) is 0 Å². The van der Waals surface area contributed by atoms with Crippen molar-refractivity contribution in [1.82, 2.24) is 0 Å². The van der Waals surface area contributed by atoms with Gasteiger partial charge in [0.25, 0.3) is 0 Å². The van der Waals surface area contributed by atoms with Crippen LogP contribution in [0.15, 0.2) is 63.5 Å². The van der Waals surface area contributed by atoms with E-state index in [9.17, 15) is 0 Å².